The number of likely N-dealkylation sites (N-methyl/N-ethyl adjacent to an activating group) is 1. The van der Waals surface area contributed by atoms with Gasteiger partial charge in [0, 0.05) is 49.0 Å². The fraction of sp³-hybridized carbons (Fsp3) is 0.364. The van der Waals surface area contributed by atoms with Gasteiger partial charge >= 0.3 is 0 Å². The highest BCUT2D eigenvalue weighted by Gasteiger charge is 2.19. The molecule has 1 aliphatic heterocycles. The maximum Gasteiger partial charge on any atom is 0.274 e. The fourth-order valence-electron chi connectivity index (χ4n) is 5.91. The Morgan fingerprint density at radius 2 is 1.81 bits per heavy atom. The first-order valence-corrected chi connectivity index (χ1v) is 15.6. The number of nitrogens with one attached hydrogen (secondary N) is 2. The van der Waals surface area contributed by atoms with Crippen LogP contribution in [0.4, 0.5) is 22.9 Å². The Balaban J connectivity index is 1.21. The van der Waals surface area contributed by atoms with Gasteiger partial charge in [-0.3, -0.25) is 9.59 Å². The molecule has 0 saturated carbocycles. The van der Waals surface area contributed by atoms with Gasteiger partial charge in [-0.15, -0.1) is 11.3 Å². The number of benzene rings is 1. The fourth-order valence-corrected chi connectivity index (χ4v) is 7.06. The summed E-state index contributed by atoms with van der Waals surface area (Å²) >= 11 is 1.62. The lowest BCUT2D eigenvalue weighted by Crippen LogP contribution is -2.28. The van der Waals surface area contributed by atoms with E-state index in [2.05, 4.69) is 44.6 Å². The van der Waals surface area contributed by atoms with Crippen molar-refractivity contribution in [2.24, 2.45) is 7.05 Å². The lowest BCUT2D eigenvalue weighted by molar-refractivity contribution is 0.103. The molecule has 0 spiro atoms. The van der Waals surface area contributed by atoms with E-state index in [1.165, 1.54) is 23.3 Å². The Hall–Kier alpha value is -3.95. The Morgan fingerprint density at radius 1 is 0.952 bits per heavy atom. The van der Waals surface area contributed by atoms with Crippen molar-refractivity contribution >= 4 is 40.1 Å². The van der Waals surface area contributed by atoms with Crippen LogP contribution in [-0.2, 0) is 19.9 Å². The number of aromatic nitrogens is 2. The van der Waals surface area contributed by atoms with E-state index in [1.54, 1.807) is 23.0 Å². The molecule has 42 heavy (non-hydrogen) atoms. The number of amides is 1. The smallest absolute Gasteiger partial charge is 0.274 e. The summed E-state index contributed by atoms with van der Waals surface area (Å²) in [6, 6.07) is 13.8. The van der Waals surface area contributed by atoms with E-state index in [9.17, 15) is 9.59 Å². The molecule has 1 amide bonds. The predicted molar refractivity (Wildman–Crippen MR) is 173 cm³/mol. The van der Waals surface area contributed by atoms with E-state index in [4.69, 9.17) is 0 Å². The van der Waals surface area contributed by atoms with Gasteiger partial charge in [0.1, 0.15) is 11.5 Å². The van der Waals surface area contributed by atoms with Crippen LogP contribution in [-0.4, -0.2) is 53.6 Å². The maximum atomic E-state index is 13.2. The minimum absolute atomic E-state index is 0.0702. The number of nitrogens with zero attached hydrogens (tertiary/aromatic N) is 4. The summed E-state index contributed by atoms with van der Waals surface area (Å²) in [4.78, 5) is 37.7. The summed E-state index contributed by atoms with van der Waals surface area (Å²) in [6.45, 7) is 6.12. The van der Waals surface area contributed by atoms with Gasteiger partial charge in [-0.05, 0) is 99.6 Å². The third-order valence-corrected chi connectivity index (χ3v) is 9.63. The number of hydrogen-bond acceptors (Lipinski definition) is 7. The van der Waals surface area contributed by atoms with Gasteiger partial charge in [0.25, 0.3) is 11.5 Å². The number of carbonyl (C=O) groups excluding carboxylic acids is 1. The molecule has 2 aliphatic rings. The number of thiophene rings is 1. The summed E-state index contributed by atoms with van der Waals surface area (Å²) in [5.74, 6) is 0.551. The van der Waals surface area contributed by atoms with E-state index < -0.39 is 0 Å². The first-order valence-electron chi connectivity index (χ1n) is 14.8. The third kappa shape index (κ3) is 5.98. The molecule has 4 heterocycles. The zero-order valence-corrected chi connectivity index (χ0v) is 25.4. The summed E-state index contributed by atoms with van der Waals surface area (Å²) < 4.78 is 1.58. The number of aryl methyl sites for hydroxylation is 3. The second-order valence-corrected chi connectivity index (χ2v) is 12.6. The van der Waals surface area contributed by atoms with Crippen molar-refractivity contribution in [3.8, 4) is 11.1 Å². The first-order chi connectivity index (χ1) is 20.4. The van der Waals surface area contributed by atoms with Crippen molar-refractivity contribution in [3.63, 3.8) is 0 Å². The number of anilines is 4. The molecule has 0 radical (unpaired) electrons. The standard InChI is InChI=1S/C33H38N6O2S/c1-22-26(9-6-10-27(22)36-32(40)30-19-23-8-4-5-11-29(23)42-30)24-18-28(33(41)38(3)21-24)35-31-13-12-25(20-34-31)39-15-7-14-37(2)16-17-39/h6,9-10,12-13,18-21H,4-5,7-8,11,14-17H2,1-3H3,(H,34,35)(H,36,40). The van der Waals surface area contributed by atoms with Crippen molar-refractivity contribution < 1.29 is 4.79 Å². The van der Waals surface area contributed by atoms with Crippen LogP contribution >= 0.6 is 11.3 Å². The molecule has 218 valence electrons. The van der Waals surface area contributed by atoms with E-state index in [1.807, 2.05) is 49.6 Å². The van der Waals surface area contributed by atoms with Crippen LogP contribution in [0.3, 0.4) is 0 Å². The highest BCUT2D eigenvalue weighted by molar-refractivity contribution is 7.14. The van der Waals surface area contributed by atoms with Crippen LogP contribution in [0.25, 0.3) is 11.1 Å². The normalized spacial score (nSPS) is 15.6. The van der Waals surface area contributed by atoms with E-state index in [0.29, 0.717) is 11.5 Å². The van der Waals surface area contributed by atoms with Gasteiger partial charge < -0.3 is 25.0 Å². The summed E-state index contributed by atoms with van der Waals surface area (Å²) in [6.07, 6.45) is 9.36. The number of rotatable bonds is 6. The van der Waals surface area contributed by atoms with Crippen molar-refractivity contribution in [1.82, 2.24) is 14.5 Å². The highest BCUT2D eigenvalue weighted by Crippen LogP contribution is 2.33. The molecule has 1 fully saturated rings. The SMILES string of the molecule is Cc1c(NC(=O)c2cc3c(s2)CCCC3)cccc1-c1cc(Nc2ccc(N3CCCN(C)CC3)cn2)c(=O)n(C)c1. The number of pyridine rings is 2. The van der Waals surface area contributed by atoms with Crippen LogP contribution in [0.1, 0.15) is 44.9 Å². The van der Waals surface area contributed by atoms with Gasteiger partial charge in [0.15, 0.2) is 0 Å². The first kappa shape index (κ1) is 28.2. The zero-order chi connectivity index (χ0) is 29.2. The molecule has 0 atom stereocenters. The van der Waals surface area contributed by atoms with Gasteiger partial charge in [0.2, 0.25) is 0 Å². The monoisotopic (exact) mass is 582 g/mol. The second-order valence-electron chi connectivity index (χ2n) is 11.4. The Bertz CT molecular complexity index is 1630. The summed E-state index contributed by atoms with van der Waals surface area (Å²) in [5.41, 5.74) is 6.28. The molecule has 2 N–H and O–H groups in total. The highest BCUT2D eigenvalue weighted by atomic mass is 32.1. The second kappa shape index (κ2) is 12.1. The number of carbonyl (C=O) groups is 1. The molecular weight excluding hydrogens is 544 g/mol. The molecule has 0 bridgehead atoms. The Morgan fingerprint density at radius 3 is 2.62 bits per heavy atom. The summed E-state index contributed by atoms with van der Waals surface area (Å²) in [5, 5.41) is 6.38. The van der Waals surface area contributed by atoms with Crippen LogP contribution in [0.15, 0.2) is 59.7 Å². The average molecular weight is 583 g/mol. The molecule has 1 aromatic carbocycles. The largest absolute Gasteiger partial charge is 0.369 e. The molecule has 1 aliphatic carbocycles. The molecular formula is C33H38N6O2S. The van der Waals surface area contributed by atoms with E-state index in [0.717, 1.165) is 78.4 Å². The zero-order valence-electron chi connectivity index (χ0n) is 24.6. The molecule has 0 unspecified atom stereocenters. The third-order valence-electron chi connectivity index (χ3n) is 8.39. The summed E-state index contributed by atoms with van der Waals surface area (Å²) in [7, 11) is 3.91. The Kier molecular flexibility index (Phi) is 8.13. The molecule has 6 rings (SSSR count). The van der Waals surface area contributed by atoms with Crippen molar-refractivity contribution in [1.29, 1.82) is 0 Å². The van der Waals surface area contributed by atoms with Crippen LogP contribution in [0.2, 0.25) is 0 Å². The van der Waals surface area contributed by atoms with Gasteiger partial charge in [0.05, 0.1) is 16.8 Å². The minimum atomic E-state index is -0.135. The minimum Gasteiger partial charge on any atom is -0.369 e. The van der Waals surface area contributed by atoms with Crippen molar-refractivity contribution in [2.75, 3.05) is 48.8 Å². The molecule has 8 nitrogen and oxygen atoms in total. The molecule has 9 heteroatoms. The van der Waals surface area contributed by atoms with Crippen LogP contribution in [0.5, 0.6) is 0 Å². The molecule has 3 aromatic heterocycles. The topological polar surface area (TPSA) is 82.5 Å². The van der Waals surface area contributed by atoms with E-state index in [-0.39, 0.29) is 11.5 Å². The number of hydrogen-bond donors (Lipinski definition) is 2. The number of fused-ring (bicyclic) bond motifs is 1. The van der Waals surface area contributed by atoms with Gasteiger partial charge in [-0.25, -0.2) is 4.98 Å². The van der Waals surface area contributed by atoms with Crippen molar-refractivity contribution in [3.05, 3.63) is 86.1 Å². The average Bonchev–Trinajstić information content (AvgIpc) is 3.32. The molecule has 4 aromatic rings. The van der Waals surface area contributed by atoms with Gasteiger partial charge in [-0.2, -0.15) is 0 Å². The van der Waals surface area contributed by atoms with Crippen LogP contribution < -0.4 is 21.1 Å². The van der Waals surface area contributed by atoms with Crippen molar-refractivity contribution in [2.45, 2.75) is 39.0 Å². The Labute approximate surface area is 251 Å². The molecule has 1 saturated heterocycles. The predicted octanol–water partition coefficient (Wildman–Crippen LogP) is 5.83. The van der Waals surface area contributed by atoms with E-state index >= 15 is 0 Å². The van der Waals surface area contributed by atoms with Crippen LogP contribution in [0, 0.1) is 6.92 Å². The lowest BCUT2D eigenvalue weighted by Gasteiger charge is -2.22. The lowest BCUT2D eigenvalue weighted by atomic mass is 9.99. The quantitative estimate of drug-likeness (QED) is 0.298. The maximum absolute atomic E-state index is 13.2. The van der Waals surface area contributed by atoms with Gasteiger partial charge in [-0.1, -0.05) is 12.1 Å².